The molecule has 0 fully saturated rings. The molecule has 4 heteroatoms. The summed E-state index contributed by atoms with van der Waals surface area (Å²) >= 11 is 4.04. The third-order valence-corrected chi connectivity index (χ3v) is 3.77. The van der Waals surface area contributed by atoms with Gasteiger partial charge in [0, 0.05) is 4.90 Å². The molecule has 0 spiro atoms. The second-order valence-corrected chi connectivity index (χ2v) is 6.04. The van der Waals surface area contributed by atoms with Gasteiger partial charge in [-0.3, -0.25) is 0 Å². The van der Waals surface area contributed by atoms with E-state index in [0.29, 0.717) is 5.92 Å². The summed E-state index contributed by atoms with van der Waals surface area (Å²) in [4.78, 5) is 0.968. The van der Waals surface area contributed by atoms with Crippen LogP contribution in [-0.4, -0.2) is 0 Å². The van der Waals surface area contributed by atoms with Crippen molar-refractivity contribution in [1.82, 2.24) is 0 Å². The van der Waals surface area contributed by atoms with E-state index < -0.39 is 0 Å². The Morgan fingerprint density at radius 3 is 2.62 bits per heavy atom. The molecule has 0 bridgehead atoms. The number of benzene rings is 1. The molecule has 0 amide bonds. The molecule has 0 unspecified atom stereocenters. The summed E-state index contributed by atoms with van der Waals surface area (Å²) in [6.07, 6.45) is 0. The highest BCUT2D eigenvalue weighted by Crippen LogP contribution is 2.38. The Kier molecular flexibility index (Phi) is 4.49. The minimum Gasteiger partial charge on any atom is -0.207 e. The Balaban J connectivity index is 3.03. The van der Waals surface area contributed by atoms with Crippen molar-refractivity contribution in [3.8, 4) is 0 Å². The molecule has 0 heterocycles. The Morgan fingerprint density at radius 1 is 1.38 bits per heavy atom. The van der Waals surface area contributed by atoms with Gasteiger partial charge in [0.05, 0.1) is 0 Å². The molecule has 0 aliphatic heterocycles. The first-order chi connectivity index (χ1) is 6.15. The molecule has 0 saturated heterocycles. The van der Waals surface area contributed by atoms with Crippen LogP contribution in [0.2, 0.25) is 0 Å². The minimum absolute atomic E-state index is 0.186. The summed E-state index contributed by atoms with van der Waals surface area (Å²) in [6.45, 7) is 4.20. The Hall–Kier alpha value is 0.200. The fourth-order valence-electron chi connectivity index (χ4n) is 1.10. The van der Waals surface area contributed by atoms with Gasteiger partial charge in [0.2, 0.25) is 0 Å². The first kappa shape index (κ1) is 11.3. The van der Waals surface area contributed by atoms with Gasteiger partial charge in [0.1, 0.15) is 5.82 Å². The van der Waals surface area contributed by atoms with Crippen molar-refractivity contribution in [3.05, 3.63) is 29.6 Å². The lowest BCUT2D eigenvalue weighted by Gasteiger charge is -2.10. The number of hydrogen-bond acceptors (Lipinski definition) is 3. The highest BCUT2D eigenvalue weighted by Gasteiger charge is 2.07. The maximum atomic E-state index is 12.9. The van der Waals surface area contributed by atoms with Crippen LogP contribution in [0.15, 0.2) is 23.1 Å². The smallest absolute Gasteiger partial charge is 0.124 e. The van der Waals surface area contributed by atoms with Gasteiger partial charge in [-0.2, -0.15) is 0 Å². The monoisotopic (exact) mass is 234 g/mol. The molecule has 0 radical (unpaired) electrons. The standard InChI is InChI=1S/C9H11FS3/c1-6(2)8-4-3-7(10)5-9(8)12-13-11/h3-6,11H,1-2H3. The second kappa shape index (κ2) is 5.17. The maximum Gasteiger partial charge on any atom is 0.124 e. The largest absolute Gasteiger partial charge is 0.207 e. The van der Waals surface area contributed by atoms with Crippen LogP contribution in [0.25, 0.3) is 0 Å². The zero-order valence-electron chi connectivity index (χ0n) is 7.45. The summed E-state index contributed by atoms with van der Waals surface area (Å²) in [7, 11) is 2.82. The zero-order valence-corrected chi connectivity index (χ0v) is 9.98. The van der Waals surface area contributed by atoms with Gasteiger partial charge in [-0.05, 0) is 44.2 Å². The lowest BCUT2D eigenvalue weighted by Crippen LogP contribution is -1.90. The molecular formula is C9H11FS3. The van der Waals surface area contributed by atoms with Crippen molar-refractivity contribution in [2.24, 2.45) is 0 Å². The Bertz CT molecular complexity index is 286. The fraction of sp³-hybridized carbons (Fsp3) is 0.333. The van der Waals surface area contributed by atoms with Crippen molar-refractivity contribution in [1.29, 1.82) is 0 Å². The Morgan fingerprint density at radius 2 is 2.08 bits per heavy atom. The third kappa shape index (κ3) is 3.11. The van der Waals surface area contributed by atoms with E-state index in [2.05, 4.69) is 25.5 Å². The average molecular weight is 234 g/mol. The van der Waals surface area contributed by atoms with E-state index in [-0.39, 0.29) is 5.82 Å². The van der Waals surface area contributed by atoms with Crippen LogP contribution in [-0.2, 0) is 0 Å². The summed E-state index contributed by atoms with van der Waals surface area (Å²) in [6, 6.07) is 4.90. The van der Waals surface area contributed by atoms with E-state index in [1.165, 1.54) is 32.2 Å². The van der Waals surface area contributed by atoms with Crippen LogP contribution in [0.3, 0.4) is 0 Å². The lowest BCUT2D eigenvalue weighted by atomic mass is 10.0. The highest BCUT2D eigenvalue weighted by molar-refractivity contribution is 9.05. The van der Waals surface area contributed by atoms with Gasteiger partial charge in [-0.1, -0.05) is 31.6 Å². The number of rotatable bonds is 3. The van der Waals surface area contributed by atoms with Gasteiger partial charge in [-0.15, -0.1) is 0 Å². The van der Waals surface area contributed by atoms with E-state index in [4.69, 9.17) is 0 Å². The summed E-state index contributed by atoms with van der Waals surface area (Å²) in [5.41, 5.74) is 1.17. The lowest BCUT2D eigenvalue weighted by molar-refractivity contribution is 0.621. The molecule has 1 aromatic carbocycles. The molecule has 0 aliphatic carbocycles. The number of thiol groups is 1. The molecular weight excluding hydrogens is 223 g/mol. The molecule has 1 aromatic rings. The van der Waals surface area contributed by atoms with E-state index in [0.717, 1.165) is 4.90 Å². The van der Waals surface area contributed by atoms with Crippen LogP contribution >= 0.6 is 32.3 Å². The molecule has 0 nitrogen and oxygen atoms in total. The molecule has 0 N–H and O–H groups in total. The van der Waals surface area contributed by atoms with Crippen molar-refractivity contribution < 1.29 is 4.39 Å². The summed E-state index contributed by atoms with van der Waals surface area (Å²) < 4.78 is 12.9. The molecule has 13 heavy (non-hydrogen) atoms. The number of hydrogen-bond donors (Lipinski definition) is 1. The molecule has 0 atom stereocenters. The molecule has 0 aliphatic rings. The Labute approximate surface area is 90.9 Å². The normalized spacial score (nSPS) is 10.8. The zero-order chi connectivity index (χ0) is 9.84. The molecule has 72 valence electrons. The van der Waals surface area contributed by atoms with E-state index in [1.54, 1.807) is 6.07 Å². The summed E-state index contributed by atoms with van der Waals surface area (Å²) in [5.74, 6) is 0.234. The number of halogens is 1. The van der Waals surface area contributed by atoms with Crippen LogP contribution in [0, 0.1) is 5.82 Å². The fourth-order valence-corrected chi connectivity index (χ4v) is 3.14. The first-order valence-corrected chi connectivity index (χ1v) is 7.13. The SMILES string of the molecule is CC(C)c1ccc(F)cc1SSS. The highest BCUT2D eigenvalue weighted by atomic mass is 33.5. The van der Waals surface area contributed by atoms with Crippen LogP contribution < -0.4 is 0 Å². The van der Waals surface area contributed by atoms with E-state index in [9.17, 15) is 4.39 Å². The van der Waals surface area contributed by atoms with Gasteiger partial charge in [0.15, 0.2) is 0 Å². The van der Waals surface area contributed by atoms with Crippen LogP contribution in [0.5, 0.6) is 0 Å². The van der Waals surface area contributed by atoms with Gasteiger partial charge in [0.25, 0.3) is 0 Å². The van der Waals surface area contributed by atoms with Gasteiger partial charge in [-0.25, -0.2) is 4.39 Å². The van der Waals surface area contributed by atoms with Crippen molar-refractivity contribution in [2.45, 2.75) is 24.7 Å². The van der Waals surface area contributed by atoms with Crippen molar-refractivity contribution in [2.75, 3.05) is 0 Å². The topological polar surface area (TPSA) is 0 Å². The molecule has 0 saturated carbocycles. The van der Waals surface area contributed by atoms with Crippen molar-refractivity contribution in [3.63, 3.8) is 0 Å². The van der Waals surface area contributed by atoms with Crippen LogP contribution in [0.4, 0.5) is 4.39 Å². The first-order valence-electron chi connectivity index (χ1n) is 3.92. The van der Waals surface area contributed by atoms with E-state index in [1.807, 2.05) is 6.07 Å². The van der Waals surface area contributed by atoms with E-state index >= 15 is 0 Å². The quantitative estimate of drug-likeness (QED) is 0.602. The van der Waals surface area contributed by atoms with Crippen LogP contribution in [0.1, 0.15) is 25.3 Å². The maximum absolute atomic E-state index is 12.9. The molecule has 0 aromatic heterocycles. The van der Waals surface area contributed by atoms with Gasteiger partial charge >= 0.3 is 0 Å². The summed E-state index contributed by atoms with van der Waals surface area (Å²) in [5, 5.41) is 0. The van der Waals surface area contributed by atoms with Crippen molar-refractivity contribution >= 4 is 32.3 Å². The third-order valence-electron chi connectivity index (χ3n) is 1.72. The molecule has 1 rings (SSSR count). The second-order valence-electron chi connectivity index (χ2n) is 2.99. The average Bonchev–Trinajstić information content (AvgIpc) is 2.04. The minimum atomic E-state index is -0.186. The predicted octanol–water partition coefficient (Wildman–Crippen LogP) is 4.53. The predicted molar refractivity (Wildman–Crippen MR) is 62.9 cm³/mol. The van der Waals surface area contributed by atoms with Gasteiger partial charge < -0.3 is 0 Å².